The molecular formula is C18H22O2. The second kappa shape index (κ2) is 4.11. The summed E-state index contributed by atoms with van der Waals surface area (Å²) < 4.78 is 6.18. The van der Waals surface area contributed by atoms with Crippen molar-refractivity contribution >= 4 is 0 Å². The van der Waals surface area contributed by atoms with Crippen LogP contribution >= 0.6 is 0 Å². The van der Waals surface area contributed by atoms with Crippen molar-refractivity contribution in [2.75, 3.05) is 6.61 Å². The monoisotopic (exact) mass is 270 g/mol. The first-order valence-electron chi connectivity index (χ1n) is 7.68. The molecule has 1 aliphatic heterocycles. The van der Waals surface area contributed by atoms with Gasteiger partial charge in [0.05, 0.1) is 12.7 Å². The third-order valence-electron chi connectivity index (χ3n) is 6.05. The van der Waals surface area contributed by atoms with E-state index in [1.165, 1.54) is 12.8 Å². The molecule has 5 rings (SSSR count). The van der Waals surface area contributed by atoms with Gasteiger partial charge in [0.25, 0.3) is 0 Å². The van der Waals surface area contributed by atoms with Gasteiger partial charge in [-0.15, -0.1) is 0 Å². The molecule has 1 saturated heterocycles. The number of phenols is 1. The molecule has 3 aliphatic carbocycles. The van der Waals surface area contributed by atoms with Crippen molar-refractivity contribution in [2.45, 2.75) is 32.8 Å². The number of ether oxygens (including phenoxy) is 1. The number of phenolic OH excluding ortho intramolecular Hbond substituents is 1. The van der Waals surface area contributed by atoms with E-state index in [0.29, 0.717) is 17.6 Å². The molecule has 5 atom stereocenters. The molecule has 106 valence electrons. The van der Waals surface area contributed by atoms with Gasteiger partial charge in [-0.3, -0.25) is 0 Å². The van der Waals surface area contributed by atoms with E-state index in [1.54, 1.807) is 11.6 Å². The second-order valence-electron chi connectivity index (χ2n) is 7.04. The average molecular weight is 270 g/mol. The molecule has 20 heavy (non-hydrogen) atoms. The van der Waals surface area contributed by atoms with E-state index in [1.807, 2.05) is 18.2 Å². The van der Waals surface area contributed by atoms with Gasteiger partial charge in [-0.05, 0) is 49.0 Å². The van der Waals surface area contributed by atoms with Gasteiger partial charge in [0.15, 0.2) is 0 Å². The highest BCUT2D eigenvalue weighted by Crippen LogP contribution is 2.62. The first-order valence-corrected chi connectivity index (χ1v) is 7.68. The van der Waals surface area contributed by atoms with Crippen molar-refractivity contribution in [3.05, 3.63) is 41.5 Å². The standard InChI is InChI=1S/C18H22O2/c1-11-9-18(2)13-7-12(11)8-15(18)17(20-10-13)14-5-3-4-6-16(14)19/h3-6,9,12-13,15,17,19H,7-8,10H2,1-2H3. The summed E-state index contributed by atoms with van der Waals surface area (Å²) in [5.41, 5.74) is 2.78. The molecule has 0 aromatic heterocycles. The van der Waals surface area contributed by atoms with Gasteiger partial charge in [0, 0.05) is 5.56 Å². The maximum Gasteiger partial charge on any atom is 0.121 e. The number of rotatable bonds is 1. The Morgan fingerprint density at radius 2 is 2.05 bits per heavy atom. The Labute approximate surface area is 120 Å². The summed E-state index contributed by atoms with van der Waals surface area (Å²) in [4.78, 5) is 0. The van der Waals surface area contributed by atoms with Crippen molar-refractivity contribution < 1.29 is 9.84 Å². The van der Waals surface area contributed by atoms with Crippen LogP contribution in [-0.2, 0) is 4.74 Å². The van der Waals surface area contributed by atoms with Crippen molar-refractivity contribution in [2.24, 2.45) is 23.2 Å². The fourth-order valence-electron chi connectivity index (χ4n) is 4.83. The van der Waals surface area contributed by atoms with Crippen LogP contribution < -0.4 is 0 Å². The van der Waals surface area contributed by atoms with E-state index in [-0.39, 0.29) is 11.5 Å². The highest BCUT2D eigenvalue weighted by Gasteiger charge is 2.55. The van der Waals surface area contributed by atoms with Crippen LogP contribution in [0.15, 0.2) is 35.9 Å². The van der Waals surface area contributed by atoms with Crippen molar-refractivity contribution in [1.82, 2.24) is 0 Å². The lowest BCUT2D eigenvalue weighted by atomic mass is 9.50. The molecule has 0 radical (unpaired) electrons. The second-order valence-corrected chi connectivity index (χ2v) is 7.04. The van der Waals surface area contributed by atoms with Crippen LogP contribution in [-0.4, -0.2) is 11.7 Å². The Kier molecular flexibility index (Phi) is 2.56. The molecule has 1 saturated carbocycles. The molecule has 2 fully saturated rings. The first kappa shape index (κ1) is 12.5. The third-order valence-corrected chi connectivity index (χ3v) is 6.05. The highest BCUT2D eigenvalue weighted by molar-refractivity contribution is 5.36. The molecule has 1 heterocycles. The van der Waals surface area contributed by atoms with Crippen molar-refractivity contribution in [3.63, 3.8) is 0 Å². The summed E-state index contributed by atoms with van der Waals surface area (Å²) in [6, 6.07) is 7.66. The van der Waals surface area contributed by atoms with Crippen LogP contribution in [0.1, 0.15) is 38.4 Å². The fraction of sp³-hybridized carbons (Fsp3) is 0.556. The molecule has 2 heteroatoms. The number of aromatic hydroxyl groups is 1. The van der Waals surface area contributed by atoms with Gasteiger partial charge in [-0.2, -0.15) is 0 Å². The lowest BCUT2D eigenvalue weighted by Gasteiger charge is -2.58. The Morgan fingerprint density at radius 3 is 2.85 bits per heavy atom. The molecule has 1 aromatic carbocycles. The predicted octanol–water partition coefficient (Wildman–Crippen LogP) is 4.07. The summed E-state index contributed by atoms with van der Waals surface area (Å²) in [7, 11) is 0. The van der Waals surface area contributed by atoms with Crippen LogP contribution in [0.3, 0.4) is 0 Å². The zero-order valence-electron chi connectivity index (χ0n) is 12.2. The lowest BCUT2D eigenvalue weighted by Crippen LogP contribution is -2.52. The third kappa shape index (κ3) is 1.54. The molecule has 4 aliphatic rings. The van der Waals surface area contributed by atoms with Gasteiger partial charge in [0.2, 0.25) is 0 Å². The number of para-hydroxylation sites is 1. The van der Waals surface area contributed by atoms with E-state index in [9.17, 15) is 5.11 Å². The lowest BCUT2D eigenvalue weighted by molar-refractivity contribution is -0.158. The van der Waals surface area contributed by atoms with Crippen LogP contribution in [0.2, 0.25) is 0 Å². The number of hydrogen-bond acceptors (Lipinski definition) is 2. The van der Waals surface area contributed by atoms with E-state index in [0.717, 1.165) is 18.1 Å². The zero-order valence-corrected chi connectivity index (χ0v) is 12.2. The van der Waals surface area contributed by atoms with Crippen LogP contribution in [0, 0.1) is 23.2 Å². The van der Waals surface area contributed by atoms with E-state index in [2.05, 4.69) is 19.9 Å². The SMILES string of the molecule is CC1=CC2(C)C3COC(c4ccccc4O)C2CC1C3. The number of allylic oxidation sites excluding steroid dienone is 2. The molecule has 4 bridgehead atoms. The minimum absolute atomic E-state index is 0.0459. The molecule has 0 spiro atoms. The summed E-state index contributed by atoms with van der Waals surface area (Å²) in [6.45, 7) is 5.51. The Balaban J connectivity index is 1.77. The Bertz CT molecular complexity index is 577. The van der Waals surface area contributed by atoms with Crippen LogP contribution in [0.4, 0.5) is 0 Å². The van der Waals surface area contributed by atoms with Crippen molar-refractivity contribution in [1.29, 1.82) is 0 Å². The minimum Gasteiger partial charge on any atom is -0.508 e. The quantitative estimate of drug-likeness (QED) is 0.779. The molecular weight excluding hydrogens is 248 g/mol. The average Bonchev–Trinajstić information content (AvgIpc) is 2.39. The van der Waals surface area contributed by atoms with E-state index in [4.69, 9.17) is 4.74 Å². The fourth-order valence-corrected chi connectivity index (χ4v) is 4.83. The zero-order chi connectivity index (χ0) is 13.9. The molecule has 1 aromatic rings. The maximum absolute atomic E-state index is 10.2. The molecule has 2 nitrogen and oxygen atoms in total. The predicted molar refractivity (Wildman–Crippen MR) is 78.4 cm³/mol. The first-order chi connectivity index (χ1) is 9.59. The number of benzene rings is 1. The van der Waals surface area contributed by atoms with Crippen LogP contribution in [0.25, 0.3) is 0 Å². The summed E-state index contributed by atoms with van der Waals surface area (Å²) in [6.07, 6.45) is 5.04. The largest absolute Gasteiger partial charge is 0.508 e. The summed E-state index contributed by atoms with van der Waals surface area (Å²) in [5.74, 6) is 2.25. The highest BCUT2D eigenvalue weighted by atomic mass is 16.5. The minimum atomic E-state index is 0.0459. The molecule has 1 N–H and O–H groups in total. The summed E-state index contributed by atoms with van der Waals surface area (Å²) in [5, 5.41) is 10.2. The number of hydrogen-bond donors (Lipinski definition) is 1. The van der Waals surface area contributed by atoms with Gasteiger partial charge >= 0.3 is 0 Å². The topological polar surface area (TPSA) is 29.5 Å². The van der Waals surface area contributed by atoms with Gasteiger partial charge in [-0.1, -0.05) is 36.8 Å². The van der Waals surface area contributed by atoms with E-state index >= 15 is 0 Å². The normalized spacial score (nSPS) is 42.4. The summed E-state index contributed by atoms with van der Waals surface area (Å²) >= 11 is 0. The molecule has 5 unspecified atom stereocenters. The Hall–Kier alpha value is -1.28. The maximum atomic E-state index is 10.2. The molecule has 0 amide bonds. The van der Waals surface area contributed by atoms with Crippen molar-refractivity contribution in [3.8, 4) is 5.75 Å². The van der Waals surface area contributed by atoms with E-state index < -0.39 is 0 Å². The Morgan fingerprint density at radius 1 is 1.25 bits per heavy atom. The van der Waals surface area contributed by atoms with Crippen LogP contribution in [0.5, 0.6) is 5.75 Å². The van der Waals surface area contributed by atoms with Gasteiger partial charge in [0.1, 0.15) is 5.75 Å². The smallest absolute Gasteiger partial charge is 0.121 e. The van der Waals surface area contributed by atoms with Gasteiger partial charge < -0.3 is 9.84 Å². The van der Waals surface area contributed by atoms with Gasteiger partial charge in [-0.25, -0.2) is 0 Å².